The fourth-order valence-electron chi connectivity index (χ4n) is 2.65. The molecule has 2 rings (SSSR count). The first-order valence-electron chi connectivity index (χ1n) is 7.11. The molecule has 0 aromatic heterocycles. The number of nitriles is 1. The van der Waals surface area contributed by atoms with Crippen LogP contribution >= 0.6 is 0 Å². The van der Waals surface area contributed by atoms with Crippen LogP contribution in [0, 0.1) is 16.7 Å². The van der Waals surface area contributed by atoms with Crippen LogP contribution in [0.15, 0.2) is 24.3 Å². The predicted octanol–water partition coefficient (Wildman–Crippen LogP) is 2.00. The van der Waals surface area contributed by atoms with Crippen LogP contribution in [-0.4, -0.2) is 31.5 Å². The molecule has 20 heavy (non-hydrogen) atoms. The molecule has 1 aliphatic heterocycles. The Morgan fingerprint density at radius 1 is 1.45 bits per heavy atom. The van der Waals surface area contributed by atoms with E-state index < -0.39 is 0 Å². The van der Waals surface area contributed by atoms with Crippen molar-refractivity contribution in [3.63, 3.8) is 0 Å². The van der Waals surface area contributed by atoms with Crippen molar-refractivity contribution >= 4 is 0 Å². The van der Waals surface area contributed by atoms with Crippen molar-refractivity contribution in [1.82, 2.24) is 5.32 Å². The third-order valence-electron chi connectivity index (χ3n) is 4.15. The molecule has 4 nitrogen and oxygen atoms in total. The van der Waals surface area contributed by atoms with E-state index in [4.69, 9.17) is 10.00 Å². The first-order chi connectivity index (χ1) is 9.69. The Kier molecular flexibility index (Phi) is 5.13. The lowest BCUT2D eigenvalue weighted by atomic mass is 9.83. The van der Waals surface area contributed by atoms with Crippen LogP contribution in [0.2, 0.25) is 0 Å². The number of nitrogens with one attached hydrogen (secondary N) is 1. The van der Waals surface area contributed by atoms with Crippen LogP contribution in [0.1, 0.15) is 36.9 Å². The van der Waals surface area contributed by atoms with E-state index >= 15 is 0 Å². The molecule has 4 heteroatoms. The van der Waals surface area contributed by atoms with Crippen molar-refractivity contribution in [2.45, 2.75) is 25.8 Å². The number of aliphatic hydroxyl groups excluding tert-OH is 1. The van der Waals surface area contributed by atoms with E-state index in [1.165, 1.54) is 5.56 Å². The van der Waals surface area contributed by atoms with E-state index in [0.717, 1.165) is 32.6 Å². The van der Waals surface area contributed by atoms with Crippen LogP contribution in [0.3, 0.4) is 0 Å². The summed E-state index contributed by atoms with van der Waals surface area (Å²) in [7, 11) is 0. The maximum atomic E-state index is 9.22. The quantitative estimate of drug-likeness (QED) is 0.832. The Balaban J connectivity index is 1.93. The molecular weight excluding hydrogens is 252 g/mol. The molecule has 1 aromatic rings. The number of rotatable bonds is 6. The molecule has 2 N–H and O–H groups in total. The van der Waals surface area contributed by atoms with E-state index in [-0.39, 0.29) is 18.1 Å². The third kappa shape index (κ3) is 3.57. The molecule has 1 saturated heterocycles. The van der Waals surface area contributed by atoms with Gasteiger partial charge >= 0.3 is 0 Å². The molecule has 2 atom stereocenters. The average Bonchev–Trinajstić information content (AvgIpc) is 2.94. The van der Waals surface area contributed by atoms with Gasteiger partial charge in [-0.3, -0.25) is 0 Å². The molecular formula is C16H22N2O2. The van der Waals surface area contributed by atoms with Crippen molar-refractivity contribution < 1.29 is 9.84 Å². The molecule has 2 unspecified atom stereocenters. The molecule has 0 saturated carbocycles. The third-order valence-corrected chi connectivity index (χ3v) is 4.15. The Hall–Kier alpha value is -1.41. The molecule has 1 fully saturated rings. The van der Waals surface area contributed by atoms with Crippen LogP contribution in [0.4, 0.5) is 0 Å². The molecule has 0 bridgehead atoms. The van der Waals surface area contributed by atoms with Gasteiger partial charge < -0.3 is 15.2 Å². The van der Waals surface area contributed by atoms with E-state index in [1.807, 2.05) is 24.3 Å². The fraction of sp³-hybridized carbons (Fsp3) is 0.562. The molecule has 0 radical (unpaired) electrons. The van der Waals surface area contributed by atoms with Gasteiger partial charge in [0, 0.05) is 31.2 Å². The van der Waals surface area contributed by atoms with Gasteiger partial charge in [0.1, 0.15) is 0 Å². The van der Waals surface area contributed by atoms with Gasteiger partial charge in [0.25, 0.3) is 0 Å². The van der Waals surface area contributed by atoms with Crippen molar-refractivity contribution in [3.05, 3.63) is 35.4 Å². The molecule has 1 aliphatic rings. The van der Waals surface area contributed by atoms with Crippen LogP contribution < -0.4 is 5.32 Å². The van der Waals surface area contributed by atoms with Crippen molar-refractivity contribution in [1.29, 1.82) is 5.26 Å². The zero-order valence-corrected chi connectivity index (χ0v) is 11.9. The second-order valence-corrected chi connectivity index (χ2v) is 5.61. The summed E-state index contributed by atoms with van der Waals surface area (Å²) in [6.45, 7) is 4.67. The molecule has 0 amide bonds. The summed E-state index contributed by atoms with van der Waals surface area (Å²) >= 11 is 0. The van der Waals surface area contributed by atoms with Gasteiger partial charge in [-0.2, -0.15) is 5.26 Å². The molecule has 0 aliphatic carbocycles. The first kappa shape index (κ1) is 15.0. The summed E-state index contributed by atoms with van der Waals surface area (Å²) in [6.07, 6.45) is 1.78. The highest BCUT2D eigenvalue weighted by Gasteiger charge is 2.34. The van der Waals surface area contributed by atoms with Gasteiger partial charge in [0.05, 0.1) is 18.2 Å². The highest BCUT2D eigenvalue weighted by Crippen LogP contribution is 2.32. The highest BCUT2D eigenvalue weighted by molar-refractivity contribution is 5.32. The van der Waals surface area contributed by atoms with E-state index in [2.05, 4.69) is 18.3 Å². The van der Waals surface area contributed by atoms with Crippen molar-refractivity contribution in [3.8, 4) is 6.07 Å². The number of hydrogen-bond acceptors (Lipinski definition) is 4. The lowest BCUT2D eigenvalue weighted by Crippen LogP contribution is -2.37. The number of benzene rings is 1. The molecule has 1 heterocycles. The lowest BCUT2D eigenvalue weighted by molar-refractivity contribution is 0.122. The van der Waals surface area contributed by atoms with Crippen LogP contribution in [-0.2, 0) is 4.74 Å². The monoisotopic (exact) mass is 274 g/mol. The second kappa shape index (κ2) is 6.85. The number of hydrogen-bond donors (Lipinski definition) is 2. The van der Waals surface area contributed by atoms with Gasteiger partial charge in [-0.15, -0.1) is 0 Å². The fourth-order valence-corrected chi connectivity index (χ4v) is 2.65. The summed E-state index contributed by atoms with van der Waals surface area (Å²) in [6, 6.07) is 10.0. The Bertz CT molecular complexity index is 458. The van der Waals surface area contributed by atoms with Crippen molar-refractivity contribution in [2.75, 3.05) is 26.4 Å². The largest absolute Gasteiger partial charge is 0.396 e. The second-order valence-electron chi connectivity index (χ2n) is 5.61. The van der Waals surface area contributed by atoms with Gasteiger partial charge in [0.15, 0.2) is 0 Å². The molecule has 108 valence electrons. The van der Waals surface area contributed by atoms with Gasteiger partial charge in [0.2, 0.25) is 0 Å². The summed E-state index contributed by atoms with van der Waals surface area (Å²) < 4.78 is 5.49. The average molecular weight is 274 g/mol. The number of ether oxygens (including phenoxy) is 1. The van der Waals surface area contributed by atoms with E-state index in [0.29, 0.717) is 5.56 Å². The van der Waals surface area contributed by atoms with E-state index in [1.54, 1.807) is 0 Å². The minimum absolute atomic E-state index is 0.0651. The Morgan fingerprint density at radius 2 is 2.20 bits per heavy atom. The normalized spacial score (nSPS) is 23.4. The number of nitrogens with zero attached hydrogens (tertiary/aromatic N) is 1. The Morgan fingerprint density at radius 3 is 2.75 bits per heavy atom. The van der Waals surface area contributed by atoms with E-state index in [9.17, 15) is 5.11 Å². The highest BCUT2D eigenvalue weighted by atomic mass is 16.5. The lowest BCUT2D eigenvalue weighted by Gasteiger charge is -2.29. The predicted molar refractivity (Wildman–Crippen MR) is 77.1 cm³/mol. The van der Waals surface area contributed by atoms with Crippen LogP contribution in [0.5, 0.6) is 0 Å². The zero-order valence-electron chi connectivity index (χ0n) is 11.9. The maximum Gasteiger partial charge on any atom is 0.0991 e. The van der Waals surface area contributed by atoms with Gasteiger partial charge in [-0.05, 0) is 37.5 Å². The first-order valence-corrected chi connectivity index (χ1v) is 7.11. The summed E-state index contributed by atoms with van der Waals surface area (Å²) in [5.41, 5.74) is 1.92. The van der Waals surface area contributed by atoms with Gasteiger partial charge in [-0.1, -0.05) is 12.1 Å². The minimum atomic E-state index is 0.0651. The summed E-state index contributed by atoms with van der Waals surface area (Å²) in [4.78, 5) is 0. The maximum absolute atomic E-state index is 9.22. The Labute approximate surface area is 120 Å². The van der Waals surface area contributed by atoms with Crippen LogP contribution in [0.25, 0.3) is 0 Å². The topological polar surface area (TPSA) is 65.3 Å². The summed E-state index contributed by atoms with van der Waals surface area (Å²) in [5, 5.41) is 21.6. The van der Waals surface area contributed by atoms with Gasteiger partial charge in [-0.25, -0.2) is 0 Å². The van der Waals surface area contributed by atoms with Crippen molar-refractivity contribution in [2.24, 2.45) is 5.41 Å². The number of aliphatic hydroxyl groups is 1. The summed E-state index contributed by atoms with van der Waals surface area (Å²) in [5.74, 6) is 0. The minimum Gasteiger partial charge on any atom is -0.396 e. The smallest absolute Gasteiger partial charge is 0.0991 e. The standard InChI is InChI=1S/C16H22N2O2/c1-13(15-4-2-14(10-17)3-5-15)18-11-16(6-8-19)7-9-20-12-16/h2-5,13,18-19H,6-9,11-12H2,1H3. The molecule has 1 aromatic carbocycles. The zero-order chi connectivity index (χ0) is 14.4. The molecule has 0 spiro atoms. The SMILES string of the molecule is CC(NCC1(CCO)CCOC1)c1ccc(C#N)cc1.